The van der Waals surface area contributed by atoms with Crippen molar-refractivity contribution >= 4 is 30.2 Å². The molecular weight excluding hydrogens is 432 g/mol. The third-order valence-electron chi connectivity index (χ3n) is 4.45. The first-order valence-electron chi connectivity index (χ1n) is 10.4. The number of carbonyl (C=O) groups is 3. The molecule has 0 saturated heterocycles. The lowest BCUT2D eigenvalue weighted by atomic mass is 10.1. The van der Waals surface area contributed by atoms with Gasteiger partial charge in [-0.2, -0.15) is 0 Å². The summed E-state index contributed by atoms with van der Waals surface area (Å²) in [6.45, 7) is 3.01. The molecule has 0 aliphatic carbocycles. The van der Waals surface area contributed by atoms with Crippen LogP contribution in [0.25, 0.3) is 0 Å². The molecule has 0 heterocycles. The second-order valence-electron chi connectivity index (χ2n) is 7.32. The van der Waals surface area contributed by atoms with E-state index in [0.717, 1.165) is 5.56 Å². The van der Waals surface area contributed by atoms with Gasteiger partial charge in [0.25, 0.3) is 0 Å². The molecule has 4 atom stereocenters. The molecule has 3 amide bonds. The molecule has 0 unspecified atom stereocenters. The first-order valence-corrected chi connectivity index (χ1v) is 10.4. The van der Waals surface area contributed by atoms with E-state index in [-0.39, 0.29) is 19.0 Å². The van der Waals surface area contributed by atoms with Gasteiger partial charge in [0.05, 0.1) is 12.1 Å². The number of rotatable bonds is 13. The van der Waals surface area contributed by atoms with Crippen molar-refractivity contribution in [1.29, 1.82) is 5.41 Å². The van der Waals surface area contributed by atoms with E-state index in [0.29, 0.717) is 13.0 Å². The lowest BCUT2D eigenvalue weighted by Crippen LogP contribution is -2.57. The van der Waals surface area contributed by atoms with Gasteiger partial charge < -0.3 is 36.8 Å². The number of aliphatic hydroxyl groups is 1. The van der Waals surface area contributed by atoms with Crippen molar-refractivity contribution in [3.05, 3.63) is 35.9 Å². The van der Waals surface area contributed by atoms with E-state index < -0.39 is 42.1 Å². The molecule has 0 fully saturated rings. The Kier molecular flexibility index (Phi) is 11.9. The molecule has 12 heteroatoms. The first kappa shape index (κ1) is 27.4. The fourth-order valence-corrected chi connectivity index (χ4v) is 2.65. The van der Waals surface area contributed by atoms with Crippen LogP contribution in [0, 0.1) is 5.41 Å². The molecule has 0 aliphatic rings. The zero-order chi connectivity index (χ0) is 24.8. The molecule has 0 spiro atoms. The van der Waals surface area contributed by atoms with Gasteiger partial charge in [0.15, 0.2) is 5.96 Å². The average molecular weight is 464 g/mol. The number of ether oxygens (including phenoxy) is 1. The Labute approximate surface area is 192 Å². The molecule has 1 aromatic rings. The van der Waals surface area contributed by atoms with E-state index in [4.69, 9.17) is 15.9 Å². The standard InChI is InChI=1S/C21H31N6O6/c1-13(18(30)26-16(11-28)9-6-10-24-20(22)23)25-19(31)17(14(2)29)27-21(32)33-12-15-7-4-3-5-8-15/h3-5,7-8,13-14,16-17,29H,6,9-10,12H2,1-2H3,(H,25,31)(H,26,30)(H,27,32)(H4,22,23,24)/t13-,14-,16-,17+/m0/s1. The molecule has 8 N–H and O–H groups in total. The van der Waals surface area contributed by atoms with Gasteiger partial charge in [0.1, 0.15) is 18.7 Å². The van der Waals surface area contributed by atoms with Crippen LogP contribution in [0.1, 0.15) is 32.3 Å². The number of nitrogens with two attached hydrogens (primary N) is 1. The van der Waals surface area contributed by atoms with Crippen LogP contribution in [-0.2, 0) is 25.7 Å². The molecule has 0 saturated carbocycles. The van der Waals surface area contributed by atoms with Crippen LogP contribution in [-0.4, -0.2) is 66.0 Å². The number of hydrogen-bond acceptors (Lipinski definition) is 7. The van der Waals surface area contributed by atoms with Gasteiger partial charge in [-0.3, -0.25) is 19.8 Å². The minimum atomic E-state index is -1.37. The summed E-state index contributed by atoms with van der Waals surface area (Å²) < 4.78 is 5.05. The van der Waals surface area contributed by atoms with Crippen LogP contribution >= 0.6 is 0 Å². The summed E-state index contributed by atoms with van der Waals surface area (Å²) in [7, 11) is 0. The molecule has 0 bridgehead atoms. The average Bonchev–Trinajstić information content (AvgIpc) is 2.78. The van der Waals surface area contributed by atoms with Crippen LogP contribution < -0.4 is 27.0 Å². The van der Waals surface area contributed by atoms with Gasteiger partial charge >= 0.3 is 6.09 Å². The van der Waals surface area contributed by atoms with Crippen LogP contribution in [0.3, 0.4) is 0 Å². The topological polar surface area (TPSA) is 196 Å². The summed E-state index contributed by atoms with van der Waals surface area (Å²) in [6.07, 6.45) is 0.219. The van der Waals surface area contributed by atoms with Gasteiger partial charge in [0.2, 0.25) is 18.1 Å². The van der Waals surface area contributed by atoms with Crippen LogP contribution in [0.4, 0.5) is 4.79 Å². The summed E-state index contributed by atoms with van der Waals surface area (Å²) in [4.78, 5) is 47.9. The van der Waals surface area contributed by atoms with Crippen molar-refractivity contribution in [2.45, 2.75) is 57.5 Å². The fourth-order valence-electron chi connectivity index (χ4n) is 2.65. The molecule has 181 valence electrons. The lowest BCUT2D eigenvalue weighted by molar-refractivity contribution is -0.131. The minimum absolute atomic E-state index is 0.0227. The van der Waals surface area contributed by atoms with Crippen molar-refractivity contribution in [1.82, 2.24) is 21.3 Å². The van der Waals surface area contributed by atoms with Crippen molar-refractivity contribution < 1.29 is 29.0 Å². The maximum absolute atomic E-state index is 12.5. The maximum Gasteiger partial charge on any atom is 0.408 e. The predicted octanol–water partition coefficient (Wildman–Crippen LogP) is -0.975. The first-order chi connectivity index (χ1) is 15.6. The Morgan fingerprint density at radius 2 is 1.79 bits per heavy atom. The third kappa shape index (κ3) is 11.0. The Bertz CT molecular complexity index is 804. The molecule has 1 radical (unpaired) electrons. The predicted molar refractivity (Wildman–Crippen MR) is 120 cm³/mol. The highest BCUT2D eigenvalue weighted by atomic mass is 16.5. The Morgan fingerprint density at radius 1 is 1.12 bits per heavy atom. The number of nitrogens with one attached hydrogen (secondary N) is 5. The zero-order valence-corrected chi connectivity index (χ0v) is 18.6. The molecule has 33 heavy (non-hydrogen) atoms. The SMILES string of the molecule is C[C@H](NC(=O)[C@H](NC(=O)OCc1ccccc1)[C@H](C)O)C(=O)N[C@H]([C]=O)CCCNC(=N)N. The van der Waals surface area contributed by atoms with Gasteiger partial charge in [-0.1, -0.05) is 30.3 Å². The molecule has 0 aliphatic heterocycles. The minimum Gasteiger partial charge on any atom is -0.445 e. The Balaban J connectivity index is 2.53. The molecule has 0 aromatic heterocycles. The van der Waals surface area contributed by atoms with Gasteiger partial charge in [-0.15, -0.1) is 0 Å². The van der Waals surface area contributed by atoms with Gasteiger partial charge in [0, 0.05) is 6.54 Å². The number of benzene rings is 1. The lowest BCUT2D eigenvalue weighted by Gasteiger charge is -2.23. The summed E-state index contributed by atoms with van der Waals surface area (Å²) in [5.74, 6) is -1.65. The quantitative estimate of drug-likeness (QED) is 0.110. The Morgan fingerprint density at radius 3 is 2.36 bits per heavy atom. The van der Waals surface area contributed by atoms with Crippen LogP contribution in [0.15, 0.2) is 30.3 Å². The summed E-state index contributed by atoms with van der Waals surface area (Å²) in [6, 6.07) is 5.56. The number of hydrogen-bond donors (Lipinski definition) is 7. The van der Waals surface area contributed by atoms with Crippen molar-refractivity contribution in [2.24, 2.45) is 5.73 Å². The normalized spacial score (nSPS) is 14.0. The number of amides is 3. The summed E-state index contributed by atoms with van der Waals surface area (Å²) in [5, 5.41) is 26.6. The monoisotopic (exact) mass is 463 g/mol. The van der Waals surface area contributed by atoms with E-state index in [1.54, 1.807) is 30.6 Å². The highest BCUT2D eigenvalue weighted by molar-refractivity contribution is 5.92. The van der Waals surface area contributed by atoms with Crippen molar-refractivity contribution in [2.75, 3.05) is 6.54 Å². The summed E-state index contributed by atoms with van der Waals surface area (Å²) >= 11 is 0. The number of carbonyl (C=O) groups excluding carboxylic acids is 4. The van der Waals surface area contributed by atoms with E-state index in [9.17, 15) is 24.3 Å². The summed E-state index contributed by atoms with van der Waals surface area (Å²) in [5.41, 5.74) is 5.91. The smallest absolute Gasteiger partial charge is 0.408 e. The zero-order valence-electron chi connectivity index (χ0n) is 18.6. The number of aliphatic hydroxyl groups excluding tert-OH is 1. The van der Waals surface area contributed by atoms with Crippen molar-refractivity contribution in [3.8, 4) is 0 Å². The highest BCUT2D eigenvalue weighted by Gasteiger charge is 2.29. The molecule has 1 rings (SSSR count). The van der Waals surface area contributed by atoms with E-state index in [2.05, 4.69) is 21.3 Å². The fraction of sp³-hybridized carbons (Fsp3) is 0.476. The third-order valence-corrected chi connectivity index (χ3v) is 4.45. The second-order valence-corrected chi connectivity index (χ2v) is 7.32. The van der Waals surface area contributed by atoms with Crippen LogP contribution in [0.5, 0.6) is 0 Å². The second kappa shape index (κ2) is 14.4. The van der Waals surface area contributed by atoms with Crippen LogP contribution in [0.2, 0.25) is 0 Å². The Hall–Kier alpha value is -3.67. The van der Waals surface area contributed by atoms with E-state index >= 15 is 0 Å². The van der Waals surface area contributed by atoms with Gasteiger partial charge in [-0.25, -0.2) is 4.79 Å². The van der Waals surface area contributed by atoms with E-state index in [1.807, 2.05) is 6.07 Å². The molecule has 12 nitrogen and oxygen atoms in total. The number of guanidine groups is 1. The molecular formula is C21H31N6O6. The maximum atomic E-state index is 12.5. The molecule has 1 aromatic carbocycles. The number of alkyl carbamates (subject to hydrolysis) is 1. The van der Waals surface area contributed by atoms with Crippen molar-refractivity contribution in [3.63, 3.8) is 0 Å². The van der Waals surface area contributed by atoms with E-state index in [1.165, 1.54) is 13.8 Å². The largest absolute Gasteiger partial charge is 0.445 e. The van der Waals surface area contributed by atoms with Gasteiger partial charge in [-0.05, 0) is 32.3 Å². The highest BCUT2D eigenvalue weighted by Crippen LogP contribution is 2.02.